The van der Waals surface area contributed by atoms with E-state index >= 15 is 0 Å². The Labute approximate surface area is 88.8 Å². The largest absolute Gasteiger partial charge is 0.344 e. The van der Waals surface area contributed by atoms with Gasteiger partial charge in [0, 0.05) is 12.1 Å². The Bertz CT molecular complexity index is 379. The Morgan fingerprint density at radius 1 is 1.60 bits per heavy atom. The summed E-state index contributed by atoms with van der Waals surface area (Å²) in [5.41, 5.74) is 2.18. The van der Waals surface area contributed by atoms with E-state index in [1.807, 2.05) is 38.1 Å². The van der Waals surface area contributed by atoms with E-state index in [1.54, 1.807) is 0 Å². The summed E-state index contributed by atoms with van der Waals surface area (Å²) in [4.78, 5) is 16.6. The van der Waals surface area contributed by atoms with Gasteiger partial charge in [-0.3, -0.25) is 0 Å². The lowest BCUT2D eigenvalue weighted by Gasteiger charge is -2.00. The van der Waals surface area contributed by atoms with Crippen LogP contribution in [0.4, 0.5) is 4.79 Å². The second-order valence-corrected chi connectivity index (χ2v) is 3.53. The number of nitrogens with one attached hydrogen (secondary N) is 1. The number of rotatable bonds is 2. The third-order valence-electron chi connectivity index (χ3n) is 2.24. The van der Waals surface area contributed by atoms with Gasteiger partial charge in [0.05, 0.1) is 0 Å². The van der Waals surface area contributed by atoms with Gasteiger partial charge in [0.25, 0.3) is 0 Å². The molecular formula is C11H14N2O2. The fourth-order valence-electron chi connectivity index (χ4n) is 1.48. The molecule has 0 saturated carbocycles. The Morgan fingerprint density at radius 3 is 3.07 bits per heavy atom. The maximum atomic E-state index is 11.4. The fraction of sp³-hybridized carbons (Fsp3) is 0.364. The predicted molar refractivity (Wildman–Crippen MR) is 55.9 cm³/mol. The summed E-state index contributed by atoms with van der Waals surface area (Å²) < 4.78 is 0. The van der Waals surface area contributed by atoms with E-state index in [0.717, 1.165) is 5.56 Å². The number of hydrogen-bond acceptors (Lipinski definition) is 2. The van der Waals surface area contributed by atoms with Crippen LogP contribution in [0, 0.1) is 6.92 Å². The van der Waals surface area contributed by atoms with Gasteiger partial charge in [0.2, 0.25) is 6.23 Å². The molecule has 4 nitrogen and oxygen atoms in total. The molecule has 15 heavy (non-hydrogen) atoms. The normalized spacial score (nSPS) is 18.8. The molecule has 0 radical (unpaired) electrons. The lowest BCUT2D eigenvalue weighted by atomic mass is 10.1. The molecule has 1 aromatic rings. The molecule has 80 valence electrons. The molecule has 0 aromatic heterocycles. The molecule has 4 heteroatoms. The molecule has 1 aliphatic rings. The first kappa shape index (κ1) is 9.98. The van der Waals surface area contributed by atoms with Crippen molar-refractivity contribution in [1.29, 1.82) is 0 Å². The molecule has 1 heterocycles. The summed E-state index contributed by atoms with van der Waals surface area (Å²) in [6.45, 7) is 4.50. The van der Waals surface area contributed by atoms with Crippen molar-refractivity contribution in [3.8, 4) is 0 Å². The van der Waals surface area contributed by atoms with Gasteiger partial charge < -0.3 is 5.32 Å². The first-order chi connectivity index (χ1) is 7.22. The first-order valence-corrected chi connectivity index (χ1v) is 5.02. The van der Waals surface area contributed by atoms with Crippen molar-refractivity contribution >= 4 is 6.03 Å². The van der Waals surface area contributed by atoms with Gasteiger partial charge in [-0.25, -0.2) is 9.63 Å². The third kappa shape index (κ3) is 2.10. The minimum atomic E-state index is -0.212. The summed E-state index contributed by atoms with van der Waals surface area (Å²) in [5, 5.41) is 4.03. The van der Waals surface area contributed by atoms with Crippen LogP contribution in [-0.4, -0.2) is 17.6 Å². The maximum absolute atomic E-state index is 11.4. The molecule has 1 fully saturated rings. The van der Waals surface area contributed by atoms with Crippen LogP contribution in [0.1, 0.15) is 24.3 Å². The van der Waals surface area contributed by atoms with Gasteiger partial charge in [-0.2, -0.15) is 5.06 Å². The molecule has 2 amide bonds. The number of hydroxylamine groups is 2. The monoisotopic (exact) mass is 206 g/mol. The number of aryl methyl sites for hydroxylation is 1. The van der Waals surface area contributed by atoms with E-state index in [0.29, 0.717) is 6.54 Å². The van der Waals surface area contributed by atoms with E-state index in [-0.39, 0.29) is 12.3 Å². The number of hydrogen-bond donors (Lipinski definition) is 1. The summed E-state index contributed by atoms with van der Waals surface area (Å²) in [6.07, 6.45) is -0.212. The van der Waals surface area contributed by atoms with Crippen LogP contribution in [-0.2, 0) is 4.84 Å². The van der Waals surface area contributed by atoms with Crippen molar-refractivity contribution in [3.63, 3.8) is 0 Å². The van der Waals surface area contributed by atoms with Gasteiger partial charge in [-0.15, -0.1) is 0 Å². The van der Waals surface area contributed by atoms with Gasteiger partial charge in [-0.05, 0) is 13.8 Å². The molecule has 1 N–H and O–H groups in total. The topological polar surface area (TPSA) is 44.6 Å². The van der Waals surface area contributed by atoms with Gasteiger partial charge in [-0.1, -0.05) is 29.8 Å². The van der Waals surface area contributed by atoms with Crippen molar-refractivity contribution in [2.75, 3.05) is 6.54 Å². The van der Waals surface area contributed by atoms with E-state index in [2.05, 4.69) is 5.32 Å². The smallest absolute Gasteiger partial charge is 0.336 e. The van der Waals surface area contributed by atoms with Crippen molar-refractivity contribution in [2.45, 2.75) is 20.1 Å². The number of nitrogens with zero attached hydrogens (tertiary/aromatic N) is 1. The Hall–Kier alpha value is -1.55. The third-order valence-corrected chi connectivity index (χ3v) is 2.24. The van der Waals surface area contributed by atoms with Crippen molar-refractivity contribution < 1.29 is 9.63 Å². The SMILES string of the molecule is CCNC(=O)N1OC1c1cccc(C)c1. The lowest BCUT2D eigenvalue weighted by Crippen LogP contribution is -2.27. The highest BCUT2D eigenvalue weighted by atomic mass is 16.8. The van der Waals surface area contributed by atoms with Crippen LogP contribution in [0.15, 0.2) is 24.3 Å². The van der Waals surface area contributed by atoms with Gasteiger partial charge >= 0.3 is 6.03 Å². The molecule has 1 saturated heterocycles. The van der Waals surface area contributed by atoms with Crippen LogP contribution < -0.4 is 5.32 Å². The Kier molecular flexibility index (Phi) is 2.60. The fourth-order valence-corrected chi connectivity index (χ4v) is 1.48. The lowest BCUT2D eigenvalue weighted by molar-refractivity contribution is 0.177. The summed E-state index contributed by atoms with van der Waals surface area (Å²) in [5.74, 6) is 0. The van der Waals surface area contributed by atoms with E-state index in [4.69, 9.17) is 4.84 Å². The number of urea groups is 1. The second kappa shape index (κ2) is 3.90. The van der Waals surface area contributed by atoms with Crippen LogP contribution in [0.2, 0.25) is 0 Å². The highest BCUT2D eigenvalue weighted by Crippen LogP contribution is 2.36. The van der Waals surface area contributed by atoms with Gasteiger partial charge in [0.15, 0.2) is 0 Å². The van der Waals surface area contributed by atoms with E-state index in [1.165, 1.54) is 10.6 Å². The maximum Gasteiger partial charge on any atom is 0.344 e. The minimum absolute atomic E-state index is 0.177. The number of carbonyl (C=O) groups is 1. The van der Waals surface area contributed by atoms with Crippen LogP contribution in [0.3, 0.4) is 0 Å². The van der Waals surface area contributed by atoms with Crippen LogP contribution in [0.5, 0.6) is 0 Å². The van der Waals surface area contributed by atoms with Crippen molar-refractivity contribution in [1.82, 2.24) is 10.4 Å². The summed E-state index contributed by atoms with van der Waals surface area (Å²) in [7, 11) is 0. The molecule has 1 aromatic carbocycles. The summed E-state index contributed by atoms with van der Waals surface area (Å²) in [6, 6.07) is 7.77. The quantitative estimate of drug-likeness (QED) is 0.752. The Balaban J connectivity index is 2.01. The number of carbonyl (C=O) groups excluding carboxylic acids is 1. The molecule has 0 bridgehead atoms. The van der Waals surface area contributed by atoms with E-state index in [9.17, 15) is 4.79 Å². The molecule has 0 aliphatic carbocycles. The molecule has 0 spiro atoms. The average molecular weight is 206 g/mol. The highest BCUT2D eigenvalue weighted by Gasteiger charge is 2.42. The zero-order chi connectivity index (χ0) is 10.8. The number of amides is 2. The molecule has 1 unspecified atom stereocenters. The molecule has 1 atom stereocenters. The average Bonchev–Trinajstić information content (AvgIpc) is 2.97. The predicted octanol–water partition coefficient (Wildman–Crippen LogP) is 1.97. The highest BCUT2D eigenvalue weighted by molar-refractivity contribution is 5.74. The second-order valence-electron chi connectivity index (χ2n) is 3.53. The molecular weight excluding hydrogens is 192 g/mol. The minimum Gasteiger partial charge on any atom is -0.336 e. The zero-order valence-electron chi connectivity index (χ0n) is 8.86. The molecule has 2 rings (SSSR count). The zero-order valence-corrected chi connectivity index (χ0v) is 8.86. The van der Waals surface area contributed by atoms with Crippen molar-refractivity contribution in [2.24, 2.45) is 0 Å². The van der Waals surface area contributed by atoms with Crippen LogP contribution >= 0.6 is 0 Å². The van der Waals surface area contributed by atoms with Crippen LogP contribution in [0.25, 0.3) is 0 Å². The Morgan fingerprint density at radius 2 is 2.40 bits per heavy atom. The van der Waals surface area contributed by atoms with E-state index < -0.39 is 0 Å². The standard InChI is InChI=1S/C11H14N2O2/c1-3-12-11(14)13-10(15-13)9-6-4-5-8(2)7-9/h4-7,10H,3H2,1-2H3,(H,12,14). The van der Waals surface area contributed by atoms with Crippen molar-refractivity contribution in [3.05, 3.63) is 35.4 Å². The van der Waals surface area contributed by atoms with Gasteiger partial charge in [0.1, 0.15) is 0 Å². The molecule has 1 aliphatic heterocycles. The first-order valence-electron chi connectivity index (χ1n) is 5.02. The summed E-state index contributed by atoms with van der Waals surface area (Å²) >= 11 is 0. The number of benzene rings is 1.